The fourth-order valence-electron chi connectivity index (χ4n) is 3.22. The van der Waals surface area contributed by atoms with E-state index in [0.717, 1.165) is 11.8 Å². The van der Waals surface area contributed by atoms with Crippen LogP contribution in [0.5, 0.6) is 0 Å². The van der Waals surface area contributed by atoms with E-state index in [1.54, 1.807) is 56.5 Å². The quantitative estimate of drug-likeness (QED) is 0.438. The number of nitrogens with one attached hydrogen (secondary N) is 2. The normalized spacial score (nSPS) is 11.2. The van der Waals surface area contributed by atoms with E-state index < -0.39 is 10.0 Å². The predicted molar refractivity (Wildman–Crippen MR) is 132 cm³/mol. The molecule has 0 heterocycles. The van der Waals surface area contributed by atoms with Crippen molar-refractivity contribution in [2.45, 2.75) is 26.2 Å². The van der Waals surface area contributed by atoms with Crippen LogP contribution in [-0.2, 0) is 19.6 Å². The van der Waals surface area contributed by atoms with Crippen LogP contribution in [0.1, 0.15) is 35.2 Å². The molecule has 2 N–H and O–H groups in total. The number of nitrogens with zero attached hydrogens (tertiary/aromatic N) is 1. The summed E-state index contributed by atoms with van der Waals surface area (Å²) in [4.78, 5) is 25.0. The molecule has 180 valence electrons. The van der Waals surface area contributed by atoms with Gasteiger partial charge in [-0.2, -0.15) is 0 Å². The zero-order valence-electron chi connectivity index (χ0n) is 19.1. The first-order valence-electron chi connectivity index (χ1n) is 10.5. The van der Waals surface area contributed by atoms with E-state index in [-0.39, 0.29) is 31.2 Å². The van der Waals surface area contributed by atoms with Gasteiger partial charge in [0.1, 0.15) is 0 Å². The van der Waals surface area contributed by atoms with Gasteiger partial charge in [0.05, 0.1) is 23.2 Å². The molecule has 0 saturated carbocycles. The van der Waals surface area contributed by atoms with E-state index in [9.17, 15) is 18.0 Å². The van der Waals surface area contributed by atoms with Crippen LogP contribution < -0.4 is 14.9 Å². The average Bonchev–Trinajstić information content (AvgIpc) is 2.75. The number of rotatable bonds is 12. The molecule has 0 saturated heterocycles. The van der Waals surface area contributed by atoms with E-state index in [2.05, 4.69) is 10.6 Å². The lowest BCUT2D eigenvalue weighted by atomic mass is 10.1. The first-order chi connectivity index (χ1) is 15.6. The fourth-order valence-corrected chi connectivity index (χ4v) is 4.40. The number of methoxy groups -OCH3 is 1. The zero-order valence-corrected chi connectivity index (χ0v) is 20.6. The summed E-state index contributed by atoms with van der Waals surface area (Å²) in [6.45, 7) is 2.92. The molecule has 33 heavy (non-hydrogen) atoms. The Kier molecular flexibility index (Phi) is 10.1. The molecular formula is C23H30ClN3O5S. The Bertz CT molecular complexity index is 1080. The highest BCUT2D eigenvalue weighted by Crippen LogP contribution is 2.26. The average molecular weight is 496 g/mol. The Balaban J connectivity index is 2.00. The highest BCUT2D eigenvalue weighted by molar-refractivity contribution is 7.92. The van der Waals surface area contributed by atoms with Gasteiger partial charge < -0.3 is 15.4 Å². The number of carbonyl (C=O) groups is 2. The van der Waals surface area contributed by atoms with E-state index in [1.165, 1.54) is 4.31 Å². The van der Waals surface area contributed by atoms with Crippen molar-refractivity contribution in [2.24, 2.45) is 0 Å². The summed E-state index contributed by atoms with van der Waals surface area (Å²) in [5.41, 5.74) is 2.01. The maximum Gasteiger partial charge on any atom is 0.253 e. The van der Waals surface area contributed by atoms with E-state index >= 15 is 0 Å². The van der Waals surface area contributed by atoms with Crippen LogP contribution in [-0.4, -0.2) is 53.3 Å². The van der Waals surface area contributed by atoms with Crippen molar-refractivity contribution in [3.8, 4) is 0 Å². The van der Waals surface area contributed by atoms with Gasteiger partial charge in [0.15, 0.2) is 0 Å². The number of carbonyl (C=O) groups excluding carboxylic acids is 2. The third-order valence-electron chi connectivity index (χ3n) is 4.86. The molecule has 0 aromatic heterocycles. The number of ether oxygens (including phenoxy) is 1. The standard InChI is InChI=1S/C23H30ClN3O5S/c1-17-11-12-18(24)16-21(17)27(33(3,30)31)14-6-10-22(28)26-20-9-5-4-8-19(20)23(29)25-13-7-15-32-2/h4-5,8-9,11-12,16H,6-7,10,13-15H2,1-3H3,(H,25,29)(H,26,28). The number of sulfonamides is 1. The molecule has 2 aromatic carbocycles. The van der Waals surface area contributed by atoms with Crippen molar-refractivity contribution >= 4 is 44.8 Å². The van der Waals surface area contributed by atoms with Gasteiger partial charge >= 0.3 is 0 Å². The Morgan fingerprint density at radius 2 is 1.85 bits per heavy atom. The van der Waals surface area contributed by atoms with Gasteiger partial charge in [-0.3, -0.25) is 13.9 Å². The summed E-state index contributed by atoms with van der Waals surface area (Å²) in [5, 5.41) is 5.98. The van der Waals surface area contributed by atoms with Crippen molar-refractivity contribution in [1.82, 2.24) is 5.32 Å². The lowest BCUT2D eigenvalue weighted by Gasteiger charge is -2.24. The number of amides is 2. The maximum absolute atomic E-state index is 12.5. The second-order valence-corrected chi connectivity index (χ2v) is 9.91. The molecule has 0 spiro atoms. The monoisotopic (exact) mass is 495 g/mol. The molecular weight excluding hydrogens is 466 g/mol. The summed E-state index contributed by atoms with van der Waals surface area (Å²) >= 11 is 6.05. The number of para-hydroxylation sites is 1. The number of anilines is 2. The predicted octanol–water partition coefficient (Wildman–Crippen LogP) is 3.60. The molecule has 0 aliphatic heterocycles. The van der Waals surface area contributed by atoms with Crippen LogP contribution in [0.3, 0.4) is 0 Å². The Hall–Kier alpha value is -2.62. The SMILES string of the molecule is COCCCNC(=O)c1ccccc1NC(=O)CCCN(c1cc(Cl)ccc1C)S(C)(=O)=O. The molecule has 0 unspecified atom stereocenters. The number of benzene rings is 2. The van der Waals surface area contributed by atoms with Crippen LogP contribution in [0.15, 0.2) is 42.5 Å². The highest BCUT2D eigenvalue weighted by Gasteiger charge is 2.20. The number of hydrogen-bond acceptors (Lipinski definition) is 5. The lowest BCUT2D eigenvalue weighted by molar-refractivity contribution is -0.116. The van der Waals surface area contributed by atoms with Gasteiger partial charge in [0, 0.05) is 38.2 Å². The summed E-state index contributed by atoms with van der Waals surface area (Å²) < 4.78 is 30.9. The van der Waals surface area contributed by atoms with Crippen LogP contribution in [0.4, 0.5) is 11.4 Å². The smallest absolute Gasteiger partial charge is 0.253 e. The summed E-state index contributed by atoms with van der Waals surface area (Å²) in [5.74, 6) is -0.604. The van der Waals surface area contributed by atoms with Gasteiger partial charge in [0.2, 0.25) is 15.9 Å². The molecule has 8 nitrogen and oxygen atoms in total. The molecule has 0 atom stereocenters. The van der Waals surface area contributed by atoms with Gasteiger partial charge in [-0.15, -0.1) is 0 Å². The topological polar surface area (TPSA) is 105 Å². The van der Waals surface area contributed by atoms with E-state index in [0.29, 0.717) is 41.5 Å². The minimum atomic E-state index is -3.56. The molecule has 2 amide bonds. The minimum Gasteiger partial charge on any atom is -0.385 e. The Morgan fingerprint density at radius 1 is 1.12 bits per heavy atom. The fraction of sp³-hybridized carbons (Fsp3) is 0.391. The van der Waals surface area contributed by atoms with Crippen molar-refractivity contribution in [2.75, 3.05) is 42.7 Å². The van der Waals surface area contributed by atoms with Crippen LogP contribution in [0.2, 0.25) is 5.02 Å². The summed E-state index contributed by atoms with van der Waals surface area (Å²) in [6, 6.07) is 11.8. The summed E-state index contributed by atoms with van der Waals surface area (Å²) in [7, 11) is -1.97. The lowest BCUT2D eigenvalue weighted by Crippen LogP contribution is -2.32. The molecule has 2 rings (SSSR count). The van der Waals surface area contributed by atoms with Crippen molar-refractivity contribution in [1.29, 1.82) is 0 Å². The highest BCUT2D eigenvalue weighted by atomic mass is 35.5. The van der Waals surface area contributed by atoms with Crippen LogP contribution in [0, 0.1) is 6.92 Å². The first kappa shape index (κ1) is 26.6. The minimum absolute atomic E-state index is 0.0788. The number of halogens is 1. The second-order valence-electron chi connectivity index (χ2n) is 7.57. The van der Waals surface area contributed by atoms with Gasteiger partial charge in [-0.1, -0.05) is 29.8 Å². The maximum atomic E-state index is 12.5. The third-order valence-corrected chi connectivity index (χ3v) is 6.28. The molecule has 0 aliphatic carbocycles. The van der Waals surface area contributed by atoms with Crippen molar-refractivity contribution in [3.05, 3.63) is 58.6 Å². The van der Waals surface area contributed by atoms with E-state index in [1.807, 2.05) is 0 Å². The zero-order chi connectivity index (χ0) is 24.4. The molecule has 0 aliphatic rings. The molecule has 0 radical (unpaired) electrons. The van der Waals surface area contributed by atoms with Crippen molar-refractivity contribution < 1.29 is 22.7 Å². The van der Waals surface area contributed by atoms with E-state index in [4.69, 9.17) is 16.3 Å². The third kappa shape index (κ3) is 8.34. The van der Waals surface area contributed by atoms with Gasteiger partial charge in [0.25, 0.3) is 5.91 Å². The summed E-state index contributed by atoms with van der Waals surface area (Å²) in [6.07, 6.45) is 2.17. The molecule has 0 fully saturated rings. The Labute approximate surface area is 200 Å². The van der Waals surface area contributed by atoms with Crippen molar-refractivity contribution in [3.63, 3.8) is 0 Å². The van der Waals surface area contributed by atoms with Crippen LogP contribution >= 0.6 is 11.6 Å². The number of aryl methyl sites for hydroxylation is 1. The Morgan fingerprint density at radius 3 is 2.55 bits per heavy atom. The second kappa shape index (κ2) is 12.6. The molecule has 2 aromatic rings. The van der Waals surface area contributed by atoms with Gasteiger partial charge in [-0.05, 0) is 49.6 Å². The molecule has 0 bridgehead atoms. The van der Waals surface area contributed by atoms with Gasteiger partial charge in [-0.25, -0.2) is 8.42 Å². The first-order valence-corrected chi connectivity index (χ1v) is 12.8. The van der Waals surface area contributed by atoms with Crippen LogP contribution in [0.25, 0.3) is 0 Å². The number of hydrogen-bond donors (Lipinski definition) is 2. The molecule has 10 heteroatoms. The largest absolute Gasteiger partial charge is 0.385 e.